The van der Waals surface area contributed by atoms with Crippen molar-refractivity contribution in [3.63, 3.8) is 0 Å². The van der Waals surface area contributed by atoms with Gasteiger partial charge in [-0.2, -0.15) is 0 Å². The maximum Gasteiger partial charge on any atom is 0.254 e. The molecule has 1 amide bonds. The first-order valence-electron chi connectivity index (χ1n) is 4.04. The number of carbonyl (C=O) groups excluding carboxylic acids is 1. The lowest BCUT2D eigenvalue weighted by Crippen LogP contribution is -2.39. The fraction of sp³-hybridized carbons (Fsp3) is 0.857. The first kappa shape index (κ1) is 10.8. The largest absolute Gasteiger partial charge is 0.274 e. The highest BCUT2D eigenvalue weighted by Crippen LogP contribution is 2.46. The molecule has 0 aliphatic heterocycles. The maximum atomic E-state index is 11.4. The van der Waals surface area contributed by atoms with Gasteiger partial charge in [-0.3, -0.25) is 9.52 Å². The predicted molar refractivity (Wildman–Crippen MR) is 49.7 cm³/mol. The SMILES string of the molecule is CC(C)C(=O)NS(=O)(=O)C1(Cl)CC1. The summed E-state index contributed by atoms with van der Waals surface area (Å²) in [5.41, 5.74) is 0. The van der Waals surface area contributed by atoms with Crippen molar-refractivity contribution in [3.8, 4) is 0 Å². The number of carbonyl (C=O) groups is 1. The number of hydrogen-bond donors (Lipinski definition) is 1. The van der Waals surface area contributed by atoms with E-state index in [4.69, 9.17) is 11.6 Å². The molecule has 0 heterocycles. The Bertz CT molecular complexity index is 319. The van der Waals surface area contributed by atoms with E-state index in [2.05, 4.69) is 0 Å². The highest BCUT2D eigenvalue weighted by atomic mass is 35.5. The molecule has 0 bridgehead atoms. The average molecular weight is 226 g/mol. The van der Waals surface area contributed by atoms with Crippen LogP contribution in [-0.2, 0) is 14.8 Å². The maximum absolute atomic E-state index is 11.4. The van der Waals surface area contributed by atoms with Crippen molar-refractivity contribution in [2.24, 2.45) is 5.92 Å². The van der Waals surface area contributed by atoms with Crippen LogP contribution in [0.2, 0.25) is 0 Å². The standard InChI is InChI=1S/C7H12ClNO3S/c1-5(2)6(10)9-13(11,12)7(8)3-4-7/h5H,3-4H2,1-2H3,(H,9,10). The molecule has 0 aromatic carbocycles. The summed E-state index contributed by atoms with van der Waals surface area (Å²) in [6.07, 6.45) is 0.824. The van der Waals surface area contributed by atoms with Crippen LogP contribution < -0.4 is 4.72 Å². The van der Waals surface area contributed by atoms with Crippen molar-refractivity contribution >= 4 is 27.5 Å². The second-order valence-electron chi connectivity index (χ2n) is 3.51. The molecule has 0 atom stereocenters. The van der Waals surface area contributed by atoms with Gasteiger partial charge in [0, 0.05) is 5.92 Å². The number of nitrogens with one attached hydrogen (secondary N) is 1. The molecule has 4 nitrogen and oxygen atoms in total. The summed E-state index contributed by atoms with van der Waals surface area (Å²) in [5.74, 6) is -0.860. The summed E-state index contributed by atoms with van der Waals surface area (Å²) < 4.78 is 23.5. The van der Waals surface area contributed by atoms with Gasteiger partial charge in [0.25, 0.3) is 10.0 Å². The molecule has 1 saturated carbocycles. The fourth-order valence-electron chi connectivity index (χ4n) is 0.709. The summed E-state index contributed by atoms with van der Waals surface area (Å²) in [6, 6.07) is 0. The monoisotopic (exact) mass is 225 g/mol. The van der Waals surface area contributed by atoms with Crippen LogP contribution in [0.3, 0.4) is 0 Å². The van der Waals surface area contributed by atoms with E-state index in [1.54, 1.807) is 13.8 Å². The third kappa shape index (κ3) is 2.14. The smallest absolute Gasteiger partial charge is 0.254 e. The molecule has 13 heavy (non-hydrogen) atoms. The summed E-state index contributed by atoms with van der Waals surface area (Å²) in [6.45, 7) is 3.25. The molecule has 1 fully saturated rings. The molecule has 0 aromatic rings. The first-order valence-corrected chi connectivity index (χ1v) is 5.90. The molecule has 0 saturated heterocycles. The molecule has 1 rings (SSSR count). The average Bonchev–Trinajstić information content (AvgIpc) is 2.68. The van der Waals surface area contributed by atoms with E-state index in [0.717, 1.165) is 0 Å². The molecule has 0 aromatic heterocycles. The zero-order valence-corrected chi connectivity index (χ0v) is 9.07. The van der Waals surface area contributed by atoms with Crippen molar-refractivity contribution in [2.75, 3.05) is 0 Å². The topological polar surface area (TPSA) is 63.2 Å². The van der Waals surface area contributed by atoms with Crippen LogP contribution in [0.1, 0.15) is 26.7 Å². The summed E-state index contributed by atoms with van der Waals surface area (Å²) in [4.78, 5) is 11.1. The van der Waals surface area contributed by atoms with Crippen LogP contribution in [0, 0.1) is 5.92 Å². The molecule has 6 heteroatoms. The van der Waals surface area contributed by atoms with Gasteiger partial charge in [-0.25, -0.2) is 8.42 Å². The van der Waals surface area contributed by atoms with Gasteiger partial charge in [0.1, 0.15) is 0 Å². The Labute approximate surface area is 82.7 Å². The van der Waals surface area contributed by atoms with Gasteiger partial charge in [0.15, 0.2) is 4.21 Å². The Balaban J connectivity index is 2.69. The van der Waals surface area contributed by atoms with Gasteiger partial charge >= 0.3 is 0 Å². The summed E-state index contributed by atoms with van der Waals surface area (Å²) >= 11 is 5.68. The quantitative estimate of drug-likeness (QED) is 0.724. The number of sulfonamides is 1. The zero-order chi connectivity index (χ0) is 10.3. The van der Waals surface area contributed by atoms with E-state index < -0.39 is 20.1 Å². The van der Waals surface area contributed by atoms with E-state index >= 15 is 0 Å². The molecule has 1 N–H and O–H groups in total. The van der Waals surface area contributed by atoms with Gasteiger partial charge in [-0.1, -0.05) is 25.4 Å². The lowest BCUT2D eigenvalue weighted by molar-refractivity contribution is -0.122. The summed E-state index contributed by atoms with van der Waals surface area (Å²) in [5, 5.41) is 0. The number of hydrogen-bond acceptors (Lipinski definition) is 3. The van der Waals surface area contributed by atoms with Crippen LogP contribution in [0.5, 0.6) is 0 Å². The van der Waals surface area contributed by atoms with Gasteiger partial charge < -0.3 is 0 Å². The van der Waals surface area contributed by atoms with Crippen molar-refractivity contribution in [1.29, 1.82) is 0 Å². The van der Waals surface area contributed by atoms with Crippen LogP contribution in [0.25, 0.3) is 0 Å². The lowest BCUT2D eigenvalue weighted by Gasteiger charge is -2.11. The number of alkyl halides is 1. The van der Waals surface area contributed by atoms with Gasteiger partial charge in [0.2, 0.25) is 5.91 Å². The Kier molecular flexibility index (Phi) is 2.60. The minimum Gasteiger partial charge on any atom is -0.274 e. The minimum atomic E-state index is -3.66. The van der Waals surface area contributed by atoms with Crippen LogP contribution in [-0.4, -0.2) is 18.5 Å². The number of amides is 1. The highest BCUT2D eigenvalue weighted by Gasteiger charge is 2.54. The van der Waals surface area contributed by atoms with E-state index in [1.165, 1.54) is 0 Å². The van der Waals surface area contributed by atoms with Crippen molar-refractivity contribution < 1.29 is 13.2 Å². The molecule has 1 aliphatic rings. The zero-order valence-electron chi connectivity index (χ0n) is 7.50. The van der Waals surface area contributed by atoms with E-state index in [0.29, 0.717) is 12.8 Å². The minimum absolute atomic E-state index is 0.353. The summed E-state index contributed by atoms with van der Waals surface area (Å²) in [7, 11) is -3.66. The normalized spacial score (nSPS) is 20.0. The van der Waals surface area contributed by atoms with E-state index in [9.17, 15) is 13.2 Å². The Morgan fingerprint density at radius 3 is 2.23 bits per heavy atom. The molecule has 0 unspecified atom stereocenters. The van der Waals surface area contributed by atoms with E-state index in [1.807, 2.05) is 4.72 Å². The number of rotatable bonds is 3. The Morgan fingerprint density at radius 2 is 1.92 bits per heavy atom. The fourth-order valence-corrected chi connectivity index (χ4v) is 2.24. The predicted octanol–water partition coefficient (Wildman–Crippen LogP) is 0.817. The van der Waals surface area contributed by atoms with Crippen molar-refractivity contribution in [2.45, 2.75) is 30.9 Å². The van der Waals surface area contributed by atoms with Gasteiger partial charge in [-0.15, -0.1) is 0 Å². The van der Waals surface area contributed by atoms with Crippen LogP contribution >= 0.6 is 11.6 Å². The first-order chi connectivity index (χ1) is 5.78. The molecule has 76 valence electrons. The molecule has 1 aliphatic carbocycles. The number of halogens is 1. The Morgan fingerprint density at radius 1 is 1.46 bits per heavy atom. The third-order valence-corrected chi connectivity index (χ3v) is 4.71. The molecule has 0 radical (unpaired) electrons. The van der Waals surface area contributed by atoms with Gasteiger partial charge in [0.05, 0.1) is 0 Å². The van der Waals surface area contributed by atoms with Crippen molar-refractivity contribution in [3.05, 3.63) is 0 Å². The molecular formula is C7H12ClNO3S. The van der Waals surface area contributed by atoms with Crippen LogP contribution in [0.4, 0.5) is 0 Å². The highest BCUT2D eigenvalue weighted by molar-refractivity contribution is 7.93. The second-order valence-corrected chi connectivity index (χ2v) is 6.45. The van der Waals surface area contributed by atoms with Gasteiger partial charge in [-0.05, 0) is 12.8 Å². The molecule has 0 spiro atoms. The van der Waals surface area contributed by atoms with Crippen LogP contribution in [0.15, 0.2) is 0 Å². The molecular weight excluding hydrogens is 214 g/mol. The van der Waals surface area contributed by atoms with E-state index in [-0.39, 0.29) is 5.92 Å². The van der Waals surface area contributed by atoms with Crippen molar-refractivity contribution in [1.82, 2.24) is 4.72 Å². The Hall–Kier alpha value is -0.290. The lowest BCUT2D eigenvalue weighted by atomic mass is 10.2. The third-order valence-electron chi connectivity index (χ3n) is 1.88. The second kappa shape index (κ2) is 3.13.